The van der Waals surface area contributed by atoms with Crippen LogP contribution in [0.3, 0.4) is 0 Å². The Kier molecular flexibility index (Phi) is 6.26. The standard InChI is InChI=1S/C28H35N3O7/c1-12-14-8-9-15(31-10-6-5-7-11-31)22(32)17(14)23(33)18-16(12)13(2)20-21(30(3)4)24(34)19(27(29)37)26(36)28(20,38)25(18)35/h8-9,12-13,16,18-21,32,38H,5-7,10-11H2,1-4H3,(H2,29,37)/t12-,13-,16-,18?,19?,20-,21-,28-/m0/s1. The number of ketones is 4. The van der Waals surface area contributed by atoms with Crippen molar-refractivity contribution in [2.45, 2.75) is 50.7 Å². The second-order valence-corrected chi connectivity index (χ2v) is 11.7. The van der Waals surface area contributed by atoms with Gasteiger partial charge in [0.1, 0.15) is 5.75 Å². The fourth-order valence-corrected chi connectivity index (χ4v) is 7.87. The molecule has 1 saturated heterocycles. The maximum Gasteiger partial charge on any atom is 0.235 e. The minimum Gasteiger partial charge on any atom is -0.505 e. The maximum absolute atomic E-state index is 14.1. The van der Waals surface area contributed by atoms with Gasteiger partial charge < -0.3 is 20.8 Å². The fourth-order valence-electron chi connectivity index (χ4n) is 7.87. The lowest BCUT2D eigenvalue weighted by Crippen LogP contribution is -2.76. The molecule has 10 nitrogen and oxygen atoms in total. The van der Waals surface area contributed by atoms with Gasteiger partial charge in [-0.1, -0.05) is 19.9 Å². The van der Waals surface area contributed by atoms with Gasteiger partial charge in [-0.05, 0) is 62.7 Å². The third-order valence-corrected chi connectivity index (χ3v) is 9.58. The summed E-state index contributed by atoms with van der Waals surface area (Å²) in [5.41, 5.74) is 3.82. The van der Waals surface area contributed by atoms with Gasteiger partial charge in [-0.25, -0.2) is 0 Å². The Labute approximate surface area is 221 Å². The summed E-state index contributed by atoms with van der Waals surface area (Å²) in [6.07, 6.45) is 3.01. The van der Waals surface area contributed by atoms with Gasteiger partial charge in [-0.15, -0.1) is 0 Å². The van der Waals surface area contributed by atoms with Crippen LogP contribution in [0.2, 0.25) is 0 Å². The van der Waals surface area contributed by atoms with E-state index in [9.17, 15) is 34.2 Å². The average molecular weight is 526 g/mol. The Morgan fingerprint density at radius 3 is 2.26 bits per heavy atom. The Hall–Kier alpha value is -3.11. The molecule has 0 radical (unpaired) electrons. The second kappa shape index (κ2) is 8.98. The molecule has 2 saturated carbocycles. The highest BCUT2D eigenvalue weighted by Gasteiger charge is 2.72. The minimum atomic E-state index is -2.74. The van der Waals surface area contributed by atoms with Gasteiger partial charge in [-0.2, -0.15) is 0 Å². The van der Waals surface area contributed by atoms with E-state index in [0.29, 0.717) is 11.3 Å². The normalized spacial score (nSPS) is 37.1. The summed E-state index contributed by atoms with van der Waals surface area (Å²) >= 11 is 0. The molecule has 204 valence electrons. The second-order valence-electron chi connectivity index (χ2n) is 11.7. The molecule has 5 rings (SSSR count). The number of carbonyl (C=O) groups excluding carboxylic acids is 5. The summed E-state index contributed by atoms with van der Waals surface area (Å²) in [6, 6.07) is 2.50. The van der Waals surface area contributed by atoms with Crippen LogP contribution in [0.25, 0.3) is 0 Å². The van der Waals surface area contributed by atoms with Gasteiger partial charge in [0.15, 0.2) is 34.7 Å². The van der Waals surface area contributed by atoms with E-state index < -0.39 is 70.3 Å². The van der Waals surface area contributed by atoms with Gasteiger partial charge >= 0.3 is 0 Å². The number of aliphatic hydroxyl groups is 1. The minimum absolute atomic E-state index is 0.0411. The lowest BCUT2D eigenvalue weighted by molar-refractivity contribution is -0.188. The molecule has 1 aromatic carbocycles. The van der Waals surface area contributed by atoms with Crippen LogP contribution in [0.15, 0.2) is 12.1 Å². The van der Waals surface area contributed by atoms with Crippen LogP contribution < -0.4 is 10.6 Å². The Morgan fingerprint density at radius 1 is 1.05 bits per heavy atom. The number of carbonyl (C=O) groups is 5. The van der Waals surface area contributed by atoms with Crippen molar-refractivity contribution in [2.24, 2.45) is 35.3 Å². The fraction of sp³-hybridized carbons (Fsp3) is 0.607. The quantitative estimate of drug-likeness (QED) is 0.482. The number of nitrogens with zero attached hydrogens (tertiary/aromatic N) is 2. The van der Waals surface area contributed by atoms with E-state index in [1.807, 2.05) is 24.0 Å². The molecule has 0 bridgehead atoms. The first-order valence-corrected chi connectivity index (χ1v) is 13.3. The zero-order valence-corrected chi connectivity index (χ0v) is 22.1. The zero-order chi connectivity index (χ0) is 27.8. The average Bonchev–Trinajstić information content (AvgIpc) is 2.86. The number of fused-ring (bicyclic) bond motifs is 3. The van der Waals surface area contributed by atoms with Gasteiger partial charge in [-0.3, -0.25) is 28.9 Å². The number of aromatic hydroxyl groups is 1. The topological polar surface area (TPSA) is 158 Å². The number of anilines is 1. The molecule has 1 aliphatic heterocycles. The molecule has 38 heavy (non-hydrogen) atoms. The molecule has 8 atom stereocenters. The number of rotatable bonds is 3. The molecule has 4 N–H and O–H groups in total. The maximum atomic E-state index is 14.1. The molecule has 10 heteroatoms. The van der Waals surface area contributed by atoms with Crippen LogP contribution >= 0.6 is 0 Å². The number of Topliss-reactive ketones (excluding diaryl/α,β-unsaturated/α-hetero) is 4. The lowest BCUT2D eigenvalue weighted by Gasteiger charge is -2.57. The lowest BCUT2D eigenvalue weighted by atomic mass is 9.47. The molecule has 4 aliphatic rings. The molecule has 0 spiro atoms. The third kappa shape index (κ3) is 3.35. The molecule has 1 aromatic rings. The predicted octanol–water partition coefficient (Wildman–Crippen LogP) is 0.664. The molecule has 3 fully saturated rings. The van der Waals surface area contributed by atoms with Crippen LogP contribution in [0.1, 0.15) is 54.9 Å². The molecule has 1 amide bonds. The van der Waals surface area contributed by atoms with E-state index in [1.54, 1.807) is 21.0 Å². The molecular formula is C28H35N3O7. The van der Waals surface area contributed by atoms with Gasteiger partial charge in [0.25, 0.3) is 0 Å². The number of amides is 1. The Bertz CT molecular complexity index is 1250. The van der Waals surface area contributed by atoms with Crippen LogP contribution in [-0.4, -0.2) is 83.0 Å². The highest BCUT2D eigenvalue weighted by Crippen LogP contribution is 2.57. The third-order valence-electron chi connectivity index (χ3n) is 9.58. The number of hydrogen-bond acceptors (Lipinski definition) is 9. The number of benzene rings is 1. The first-order chi connectivity index (χ1) is 17.8. The van der Waals surface area contributed by atoms with E-state index in [-0.39, 0.29) is 17.2 Å². The predicted molar refractivity (Wildman–Crippen MR) is 137 cm³/mol. The van der Waals surface area contributed by atoms with Crippen LogP contribution in [0.5, 0.6) is 5.75 Å². The van der Waals surface area contributed by atoms with Crippen molar-refractivity contribution in [3.8, 4) is 5.75 Å². The number of phenolic OH excluding ortho intramolecular Hbond substituents is 1. The zero-order valence-electron chi connectivity index (χ0n) is 22.1. The van der Waals surface area contributed by atoms with Crippen LogP contribution in [0, 0.1) is 29.6 Å². The first-order valence-electron chi connectivity index (χ1n) is 13.3. The summed E-state index contributed by atoms with van der Waals surface area (Å²) in [6.45, 7) is 5.07. The Balaban J connectivity index is 1.67. The first kappa shape index (κ1) is 26.5. The highest BCUT2D eigenvalue weighted by molar-refractivity contribution is 6.32. The van der Waals surface area contributed by atoms with Crippen molar-refractivity contribution < 1.29 is 34.2 Å². The molecule has 1 heterocycles. The van der Waals surface area contributed by atoms with Crippen molar-refractivity contribution in [1.29, 1.82) is 0 Å². The SMILES string of the molecule is C[C@H]1[C@H]2C(C(=O)c3c(ccc(N4CCCCC4)c3O)[C@@H]2C)C(=O)[C@]2(O)C(=O)C(C(N)=O)C(=O)[C@@H](N(C)C)[C@H]12. The van der Waals surface area contributed by atoms with Crippen LogP contribution in [0.4, 0.5) is 5.69 Å². The number of piperidine rings is 1. The van der Waals surface area contributed by atoms with Crippen LogP contribution in [-0.2, 0) is 19.2 Å². The van der Waals surface area contributed by atoms with Gasteiger partial charge in [0.05, 0.1) is 23.2 Å². The van der Waals surface area contributed by atoms with Crippen molar-refractivity contribution >= 4 is 34.7 Å². The van der Waals surface area contributed by atoms with Crippen molar-refractivity contribution in [3.05, 3.63) is 23.3 Å². The summed E-state index contributed by atoms with van der Waals surface area (Å²) in [5.74, 6) is -11.3. The summed E-state index contributed by atoms with van der Waals surface area (Å²) in [4.78, 5) is 70.7. The Morgan fingerprint density at radius 2 is 1.68 bits per heavy atom. The number of phenols is 1. The summed E-state index contributed by atoms with van der Waals surface area (Å²) in [7, 11) is 3.15. The number of primary amides is 1. The van der Waals surface area contributed by atoms with Crippen molar-refractivity contribution in [2.75, 3.05) is 32.1 Å². The molecule has 0 aromatic heterocycles. The smallest absolute Gasteiger partial charge is 0.235 e. The molecule has 3 aliphatic carbocycles. The van der Waals surface area contributed by atoms with Crippen molar-refractivity contribution in [3.63, 3.8) is 0 Å². The van der Waals surface area contributed by atoms with E-state index >= 15 is 0 Å². The molecule has 2 unspecified atom stereocenters. The van der Waals surface area contributed by atoms with E-state index in [1.165, 1.54) is 4.90 Å². The van der Waals surface area contributed by atoms with Crippen molar-refractivity contribution in [1.82, 2.24) is 4.90 Å². The summed E-state index contributed by atoms with van der Waals surface area (Å²) < 4.78 is 0. The van der Waals surface area contributed by atoms with Gasteiger partial charge in [0, 0.05) is 19.0 Å². The molecular weight excluding hydrogens is 490 g/mol. The van der Waals surface area contributed by atoms with Gasteiger partial charge in [0.2, 0.25) is 5.91 Å². The number of nitrogens with two attached hydrogens (primary N) is 1. The van der Waals surface area contributed by atoms with E-state index in [4.69, 9.17) is 5.73 Å². The number of hydrogen-bond donors (Lipinski definition) is 3. The number of likely N-dealkylation sites (N-methyl/N-ethyl adjacent to an activating group) is 1. The summed E-state index contributed by atoms with van der Waals surface area (Å²) in [5, 5.41) is 23.2. The monoisotopic (exact) mass is 525 g/mol. The largest absolute Gasteiger partial charge is 0.505 e. The van der Waals surface area contributed by atoms with E-state index in [2.05, 4.69) is 0 Å². The highest BCUT2D eigenvalue weighted by atomic mass is 16.3. The van der Waals surface area contributed by atoms with E-state index in [0.717, 1.165) is 32.4 Å².